The van der Waals surface area contributed by atoms with Crippen LogP contribution in [0.2, 0.25) is 5.02 Å². The van der Waals surface area contributed by atoms with E-state index in [1.54, 1.807) is 54.7 Å². The minimum absolute atomic E-state index is 0.405. The molecule has 160 valence electrons. The summed E-state index contributed by atoms with van der Waals surface area (Å²) >= 11 is 5.88. The van der Waals surface area contributed by atoms with Crippen LogP contribution in [0, 0.1) is 0 Å². The Hall–Kier alpha value is -3.11. The summed E-state index contributed by atoms with van der Waals surface area (Å²) in [6, 6.07) is 21.5. The Morgan fingerprint density at radius 2 is 1.55 bits per heavy atom. The van der Waals surface area contributed by atoms with Gasteiger partial charge in [-0.15, -0.1) is 0 Å². The molecule has 0 aliphatic rings. The van der Waals surface area contributed by atoms with E-state index in [0.29, 0.717) is 22.9 Å². The van der Waals surface area contributed by atoms with Gasteiger partial charge >= 0.3 is 5.97 Å². The van der Waals surface area contributed by atoms with Gasteiger partial charge < -0.3 is 9.47 Å². The Labute approximate surface area is 188 Å². The quantitative estimate of drug-likeness (QED) is 0.145. The average molecular weight is 436 g/mol. The van der Waals surface area contributed by atoms with Crippen LogP contribution in [0.1, 0.15) is 48.5 Å². The maximum absolute atomic E-state index is 12.4. The monoisotopic (exact) mass is 435 g/mol. The number of nitrogens with zero attached hydrogens (tertiary/aromatic N) is 1. The molecule has 0 aliphatic heterocycles. The van der Waals surface area contributed by atoms with Crippen LogP contribution in [0.15, 0.2) is 77.8 Å². The second-order valence-electron chi connectivity index (χ2n) is 7.13. The van der Waals surface area contributed by atoms with Crippen molar-refractivity contribution in [2.45, 2.75) is 32.6 Å². The number of halogens is 1. The highest BCUT2D eigenvalue weighted by atomic mass is 35.5. The molecule has 0 saturated carbocycles. The highest BCUT2D eigenvalue weighted by Gasteiger charge is 2.09. The van der Waals surface area contributed by atoms with Crippen LogP contribution >= 0.6 is 11.6 Å². The Morgan fingerprint density at radius 3 is 2.23 bits per heavy atom. The number of hydrogen-bond donors (Lipinski definition) is 0. The first-order chi connectivity index (χ1) is 15.1. The first kappa shape index (κ1) is 22.6. The van der Waals surface area contributed by atoms with E-state index >= 15 is 0 Å². The molecule has 0 saturated heterocycles. The molecular weight excluding hydrogens is 410 g/mol. The molecule has 5 heteroatoms. The molecule has 4 nitrogen and oxygen atoms in total. The summed E-state index contributed by atoms with van der Waals surface area (Å²) in [6.45, 7) is 2.88. The largest absolute Gasteiger partial charge is 0.494 e. The van der Waals surface area contributed by atoms with E-state index < -0.39 is 5.97 Å². The Bertz CT molecular complexity index is 981. The standard InChI is InChI=1S/C26H26ClNO3/c1-2-3-4-5-18-30-24-16-8-21(9-17-24)26(29)31-25-14-6-20(7-15-25)19-28-23-12-10-22(27)11-13-23/h6-17,19H,2-5,18H2,1H3. The second-order valence-corrected chi connectivity index (χ2v) is 7.56. The lowest BCUT2D eigenvalue weighted by Crippen LogP contribution is -2.08. The van der Waals surface area contributed by atoms with Gasteiger partial charge in [0.25, 0.3) is 0 Å². The third kappa shape index (κ3) is 7.58. The maximum Gasteiger partial charge on any atom is 0.343 e. The Morgan fingerprint density at radius 1 is 0.871 bits per heavy atom. The van der Waals surface area contributed by atoms with Crippen molar-refractivity contribution >= 4 is 29.5 Å². The predicted molar refractivity (Wildman–Crippen MR) is 126 cm³/mol. The van der Waals surface area contributed by atoms with Crippen molar-refractivity contribution in [3.63, 3.8) is 0 Å². The zero-order chi connectivity index (χ0) is 21.9. The molecule has 0 unspecified atom stereocenters. The third-order valence-electron chi connectivity index (χ3n) is 4.64. The number of carbonyl (C=O) groups is 1. The minimum atomic E-state index is -0.405. The van der Waals surface area contributed by atoms with Crippen molar-refractivity contribution in [3.8, 4) is 11.5 Å². The second kappa shape index (κ2) is 11.9. The molecule has 0 heterocycles. The lowest BCUT2D eigenvalue weighted by molar-refractivity contribution is 0.0734. The molecule has 0 aliphatic carbocycles. The summed E-state index contributed by atoms with van der Waals surface area (Å²) in [5.41, 5.74) is 2.19. The number of rotatable bonds is 10. The Kier molecular flexibility index (Phi) is 8.68. The smallest absolute Gasteiger partial charge is 0.343 e. The van der Waals surface area contributed by atoms with Gasteiger partial charge in [0, 0.05) is 11.2 Å². The van der Waals surface area contributed by atoms with Gasteiger partial charge in [0.1, 0.15) is 11.5 Å². The number of hydrogen-bond acceptors (Lipinski definition) is 4. The number of carbonyl (C=O) groups excluding carboxylic acids is 1. The molecule has 3 rings (SSSR count). The number of ether oxygens (including phenoxy) is 2. The third-order valence-corrected chi connectivity index (χ3v) is 4.89. The van der Waals surface area contributed by atoms with Crippen LogP contribution in [0.25, 0.3) is 0 Å². The molecule has 0 atom stereocenters. The predicted octanol–water partition coefficient (Wildman–Crippen LogP) is 7.27. The number of aliphatic imine (C=N–C) groups is 1. The molecule has 0 bridgehead atoms. The summed E-state index contributed by atoms with van der Waals surface area (Å²) in [7, 11) is 0. The van der Waals surface area contributed by atoms with E-state index in [1.165, 1.54) is 19.3 Å². The lowest BCUT2D eigenvalue weighted by Gasteiger charge is -2.08. The van der Waals surface area contributed by atoms with E-state index in [9.17, 15) is 4.79 Å². The van der Waals surface area contributed by atoms with Gasteiger partial charge in [-0.2, -0.15) is 0 Å². The van der Waals surface area contributed by atoms with E-state index in [1.807, 2.05) is 24.3 Å². The van der Waals surface area contributed by atoms with Gasteiger partial charge in [-0.3, -0.25) is 4.99 Å². The van der Waals surface area contributed by atoms with Crippen molar-refractivity contribution in [3.05, 3.63) is 88.9 Å². The number of esters is 1. The molecule has 0 aromatic heterocycles. The van der Waals surface area contributed by atoms with Crippen LogP contribution in [0.5, 0.6) is 11.5 Å². The molecule has 3 aromatic rings. The van der Waals surface area contributed by atoms with Gasteiger partial charge in [-0.1, -0.05) is 37.8 Å². The minimum Gasteiger partial charge on any atom is -0.494 e. The summed E-state index contributed by atoms with van der Waals surface area (Å²) in [5, 5.41) is 0.676. The van der Waals surface area contributed by atoms with Crippen molar-refractivity contribution in [1.82, 2.24) is 0 Å². The van der Waals surface area contributed by atoms with E-state index in [4.69, 9.17) is 21.1 Å². The van der Waals surface area contributed by atoms with Gasteiger partial charge in [0.05, 0.1) is 17.9 Å². The lowest BCUT2D eigenvalue weighted by atomic mass is 10.2. The maximum atomic E-state index is 12.4. The van der Waals surface area contributed by atoms with Crippen molar-refractivity contribution in [2.24, 2.45) is 4.99 Å². The zero-order valence-electron chi connectivity index (χ0n) is 17.6. The molecule has 0 amide bonds. The number of benzene rings is 3. The van der Waals surface area contributed by atoms with Crippen molar-refractivity contribution < 1.29 is 14.3 Å². The van der Waals surface area contributed by atoms with Crippen molar-refractivity contribution in [1.29, 1.82) is 0 Å². The Balaban J connectivity index is 1.50. The summed E-state index contributed by atoms with van der Waals surface area (Å²) in [6.07, 6.45) is 6.39. The highest BCUT2D eigenvalue weighted by molar-refractivity contribution is 6.30. The van der Waals surface area contributed by atoms with Gasteiger partial charge in [-0.25, -0.2) is 4.79 Å². The topological polar surface area (TPSA) is 47.9 Å². The van der Waals surface area contributed by atoms with Crippen LogP contribution in [-0.4, -0.2) is 18.8 Å². The molecule has 0 radical (unpaired) electrons. The molecule has 0 fully saturated rings. The molecule has 0 spiro atoms. The fraction of sp³-hybridized carbons (Fsp3) is 0.231. The normalized spacial score (nSPS) is 10.9. The van der Waals surface area contributed by atoms with Crippen LogP contribution in [-0.2, 0) is 0 Å². The number of unbranched alkanes of at least 4 members (excludes halogenated alkanes) is 3. The molecule has 0 N–H and O–H groups in total. The molecule has 3 aromatic carbocycles. The van der Waals surface area contributed by atoms with E-state index in [-0.39, 0.29) is 0 Å². The van der Waals surface area contributed by atoms with Crippen LogP contribution in [0.3, 0.4) is 0 Å². The first-order valence-corrected chi connectivity index (χ1v) is 10.9. The SMILES string of the molecule is CCCCCCOc1ccc(C(=O)Oc2ccc(C=Nc3ccc(Cl)cc3)cc2)cc1. The summed E-state index contributed by atoms with van der Waals surface area (Å²) in [4.78, 5) is 16.8. The van der Waals surface area contributed by atoms with Crippen LogP contribution < -0.4 is 9.47 Å². The summed E-state index contributed by atoms with van der Waals surface area (Å²) in [5.74, 6) is 0.833. The van der Waals surface area contributed by atoms with Crippen LogP contribution in [0.4, 0.5) is 5.69 Å². The van der Waals surface area contributed by atoms with E-state index in [2.05, 4.69) is 11.9 Å². The van der Waals surface area contributed by atoms with E-state index in [0.717, 1.165) is 23.4 Å². The molecule has 31 heavy (non-hydrogen) atoms. The van der Waals surface area contributed by atoms with Crippen molar-refractivity contribution in [2.75, 3.05) is 6.61 Å². The fourth-order valence-electron chi connectivity index (χ4n) is 2.87. The van der Waals surface area contributed by atoms with Gasteiger partial charge in [0.2, 0.25) is 0 Å². The molecular formula is C26H26ClNO3. The van der Waals surface area contributed by atoms with Gasteiger partial charge in [-0.05, 0) is 84.8 Å². The fourth-order valence-corrected chi connectivity index (χ4v) is 3.00. The zero-order valence-corrected chi connectivity index (χ0v) is 18.3. The highest BCUT2D eigenvalue weighted by Crippen LogP contribution is 2.18. The van der Waals surface area contributed by atoms with Gasteiger partial charge in [0.15, 0.2) is 0 Å². The summed E-state index contributed by atoms with van der Waals surface area (Å²) < 4.78 is 11.2. The average Bonchev–Trinajstić information content (AvgIpc) is 2.80. The first-order valence-electron chi connectivity index (χ1n) is 10.5.